The molecule has 0 N–H and O–H groups in total. The monoisotopic (exact) mass is 406 g/mol. The van der Waals surface area contributed by atoms with Gasteiger partial charge in [-0.05, 0) is 39.2 Å². The minimum atomic E-state index is -1.38. The van der Waals surface area contributed by atoms with Crippen molar-refractivity contribution in [3.8, 4) is 0 Å². The summed E-state index contributed by atoms with van der Waals surface area (Å²) in [6.07, 6.45) is 1.79. The summed E-state index contributed by atoms with van der Waals surface area (Å²) in [7, 11) is -1.38. The van der Waals surface area contributed by atoms with Gasteiger partial charge in [0.15, 0.2) is 0 Å². The molecule has 0 aliphatic carbocycles. The smallest absolute Gasteiger partial charge is 0.410 e. The van der Waals surface area contributed by atoms with Gasteiger partial charge in [0.05, 0.1) is 33.0 Å². The average Bonchev–Trinajstić information content (AvgIpc) is 3.08. The average molecular weight is 406 g/mol. The molecule has 2 aromatic rings. The molecular weight excluding hydrogens is 384 g/mol. The Bertz CT molecular complexity index is 943. The highest BCUT2D eigenvalue weighted by molar-refractivity contribution is 7.84. The molecule has 10 heteroatoms. The minimum absolute atomic E-state index is 0.0659. The number of amides is 1. The molecule has 150 valence electrons. The molecule has 1 aliphatic heterocycles. The molecule has 1 aromatic heterocycles. The summed E-state index contributed by atoms with van der Waals surface area (Å²) in [6.45, 7) is 6.53. The maximum Gasteiger partial charge on any atom is 0.410 e. The van der Waals surface area contributed by atoms with Gasteiger partial charge in [-0.3, -0.25) is 19.3 Å². The number of aromatic nitrogens is 2. The Hall–Kier alpha value is -2.62. The molecule has 0 radical (unpaired) electrons. The summed E-state index contributed by atoms with van der Waals surface area (Å²) in [5, 5.41) is 11.2. The van der Waals surface area contributed by atoms with Crippen LogP contribution >= 0.6 is 0 Å². The van der Waals surface area contributed by atoms with Crippen LogP contribution in [0.4, 0.5) is 10.5 Å². The summed E-state index contributed by atoms with van der Waals surface area (Å²) in [5.74, 6) is 0.453. The topological polar surface area (TPSA) is 116 Å². The van der Waals surface area contributed by atoms with Crippen molar-refractivity contribution in [1.29, 1.82) is 0 Å². The van der Waals surface area contributed by atoms with Gasteiger partial charge >= 0.3 is 6.09 Å². The van der Waals surface area contributed by atoms with E-state index in [4.69, 9.17) is 4.74 Å². The van der Waals surface area contributed by atoms with Crippen molar-refractivity contribution in [3.63, 3.8) is 0 Å². The number of fused-ring (bicyclic) bond motifs is 1. The van der Waals surface area contributed by atoms with E-state index in [0.717, 1.165) is 6.42 Å². The van der Waals surface area contributed by atoms with Crippen molar-refractivity contribution in [2.45, 2.75) is 37.8 Å². The SMILES string of the molecule is CC(C)(C)OC(=O)N1CC[C@H](C[S@](=O)c2cnc3cc([N+](=O)[O-])ccc3n2)C1. The first-order valence-corrected chi connectivity index (χ1v) is 10.2. The maximum atomic E-state index is 12.7. The number of non-ortho nitro benzene ring substituents is 1. The molecule has 9 nitrogen and oxygen atoms in total. The number of nitro benzene ring substituents is 1. The van der Waals surface area contributed by atoms with Crippen LogP contribution in [0.3, 0.4) is 0 Å². The van der Waals surface area contributed by atoms with Gasteiger partial charge in [0.25, 0.3) is 5.69 Å². The number of likely N-dealkylation sites (tertiary alicyclic amines) is 1. The van der Waals surface area contributed by atoms with Crippen LogP contribution in [0.5, 0.6) is 0 Å². The predicted molar refractivity (Wildman–Crippen MR) is 103 cm³/mol. The van der Waals surface area contributed by atoms with Gasteiger partial charge in [-0.2, -0.15) is 0 Å². The van der Waals surface area contributed by atoms with Crippen LogP contribution in [0.25, 0.3) is 11.0 Å². The van der Waals surface area contributed by atoms with Crippen LogP contribution in [0, 0.1) is 16.0 Å². The van der Waals surface area contributed by atoms with Crippen molar-refractivity contribution in [1.82, 2.24) is 14.9 Å². The lowest BCUT2D eigenvalue weighted by atomic mass is 10.2. The number of rotatable bonds is 4. The Kier molecular flexibility index (Phi) is 5.59. The number of hydrogen-bond acceptors (Lipinski definition) is 7. The van der Waals surface area contributed by atoms with E-state index in [-0.39, 0.29) is 17.7 Å². The van der Waals surface area contributed by atoms with Crippen LogP contribution in [-0.2, 0) is 15.5 Å². The zero-order valence-corrected chi connectivity index (χ0v) is 16.8. The number of carbonyl (C=O) groups is 1. The first kappa shape index (κ1) is 20.1. The zero-order valence-electron chi connectivity index (χ0n) is 16.0. The Morgan fingerprint density at radius 3 is 2.82 bits per heavy atom. The third kappa shape index (κ3) is 4.80. The molecule has 2 heterocycles. The molecule has 1 aromatic carbocycles. The summed E-state index contributed by atoms with van der Waals surface area (Å²) < 4.78 is 18.1. The van der Waals surface area contributed by atoms with E-state index < -0.39 is 21.3 Å². The van der Waals surface area contributed by atoms with E-state index in [0.29, 0.717) is 34.9 Å². The number of nitrogens with zero attached hydrogens (tertiary/aromatic N) is 4. The molecule has 2 atom stereocenters. The largest absolute Gasteiger partial charge is 0.444 e. The molecule has 0 unspecified atom stereocenters. The fourth-order valence-corrected chi connectivity index (χ4v) is 4.21. The van der Waals surface area contributed by atoms with E-state index in [2.05, 4.69) is 9.97 Å². The predicted octanol–water partition coefficient (Wildman–Crippen LogP) is 2.90. The summed E-state index contributed by atoms with van der Waals surface area (Å²) >= 11 is 0. The molecule has 1 fully saturated rings. The van der Waals surface area contributed by atoms with Gasteiger partial charge < -0.3 is 9.64 Å². The number of hydrogen-bond donors (Lipinski definition) is 0. The Morgan fingerprint density at radius 2 is 2.14 bits per heavy atom. The zero-order chi connectivity index (χ0) is 20.5. The number of nitro groups is 1. The van der Waals surface area contributed by atoms with Crippen molar-refractivity contribution >= 4 is 33.6 Å². The standard InChI is InChI=1S/C18H22N4O5S/c1-18(2,3)27-17(23)21-7-6-12(10-21)11-28(26)16-9-19-15-8-13(22(24)25)4-5-14(15)20-16/h4-5,8-9,12H,6-7,10-11H2,1-3H3/t12-,28-/m0/s1. The van der Waals surface area contributed by atoms with Crippen LogP contribution in [0.15, 0.2) is 29.4 Å². The molecular formula is C18H22N4O5S. The Labute approximate surface area is 164 Å². The quantitative estimate of drug-likeness (QED) is 0.566. The highest BCUT2D eigenvalue weighted by Crippen LogP contribution is 2.23. The molecule has 28 heavy (non-hydrogen) atoms. The second-order valence-electron chi connectivity index (χ2n) is 7.73. The summed E-state index contributed by atoms with van der Waals surface area (Å²) in [6, 6.07) is 4.19. The third-order valence-corrected chi connectivity index (χ3v) is 5.71. The van der Waals surface area contributed by atoms with E-state index in [1.165, 1.54) is 24.4 Å². The van der Waals surface area contributed by atoms with Gasteiger partial charge in [-0.1, -0.05) is 0 Å². The first-order chi connectivity index (χ1) is 13.1. The fourth-order valence-electron chi connectivity index (χ4n) is 2.97. The molecule has 1 saturated heterocycles. The summed E-state index contributed by atoms with van der Waals surface area (Å²) in [4.78, 5) is 32.6. The fraction of sp³-hybridized carbons (Fsp3) is 0.500. The number of benzene rings is 1. The normalized spacial score (nSPS) is 18.2. The van der Waals surface area contributed by atoms with Gasteiger partial charge in [0.1, 0.15) is 10.6 Å². The summed E-state index contributed by atoms with van der Waals surface area (Å²) in [5.41, 5.74) is 0.224. The van der Waals surface area contributed by atoms with Crippen LogP contribution in [0.2, 0.25) is 0 Å². The highest BCUT2D eigenvalue weighted by Gasteiger charge is 2.31. The van der Waals surface area contributed by atoms with E-state index in [1.54, 1.807) is 4.90 Å². The van der Waals surface area contributed by atoms with Crippen molar-refractivity contribution in [2.75, 3.05) is 18.8 Å². The Balaban J connectivity index is 1.64. The van der Waals surface area contributed by atoms with Gasteiger partial charge in [-0.25, -0.2) is 9.78 Å². The molecule has 1 aliphatic rings. The van der Waals surface area contributed by atoms with Gasteiger partial charge in [0.2, 0.25) is 0 Å². The Morgan fingerprint density at radius 1 is 1.39 bits per heavy atom. The number of carbonyl (C=O) groups excluding carboxylic acids is 1. The lowest BCUT2D eigenvalue weighted by molar-refractivity contribution is -0.384. The maximum absolute atomic E-state index is 12.7. The van der Waals surface area contributed by atoms with Gasteiger partial charge in [-0.15, -0.1) is 0 Å². The molecule has 0 saturated carbocycles. The van der Waals surface area contributed by atoms with Crippen LogP contribution in [-0.4, -0.2) is 54.5 Å². The van der Waals surface area contributed by atoms with Crippen molar-refractivity contribution in [2.24, 2.45) is 5.92 Å². The lowest BCUT2D eigenvalue weighted by Gasteiger charge is -2.24. The van der Waals surface area contributed by atoms with E-state index >= 15 is 0 Å². The van der Waals surface area contributed by atoms with Gasteiger partial charge in [0, 0.05) is 31.0 Å². The highest BCUT2D eigenvalue weighted by atomic mass is 32.2. The molecule has 0 bridgehead atoms. The van der Waals surface area contributed by atoms with Crippen LogP contribution < -0.4 is 0 Å². The molecule has 3 rings (SSSR count). The molecule has 0 spiro atoms. The van der Waals surface area contributed by atoms with Crippen molar-refractivity contribution < 1.29 is 18.7 Å². The van der Waals surface area contributed by atoms with Crippen LogP contribution in [0.1, 0.15) is 27.2 Å². The van der Waals surface area contributed by atoms with Crippen molar-refractivity contribution in [3.05, 3.63) is 34.5 Å². The third-order valence-electron chi connectivity index (χ3n) is 4.27. The second-order valence-corrected chi connectivity index (χ2v) is 9.17. The lowest BCUT2D eigenvalue weighted by Crippen LogP contribution is -2.35. The minimum Gasteiger partial charge on any atom is -0.444 e. The first-order valence-electron chi connectivity index (χ1n) is 8.90. The second kappa shape index (κ2) is 7.78. The molecule has 1 amide bonds. The van der Waals surface area contributed by atoms with E-state index in [1.807, 2.05) is 20.8 Å². The van der Waals surface area contributed by atoms with E-state index in [9.17, 15) is 19.1 Å². The number of ether oxygens (including phenoxy) is 1.